The van der Waals surface area contributed by atoms with Gasteiger partial charge >= 0.3 is 6.03 Å². The molecule has 2 amide bonds. The van der Waals surface area contributed by atoms with Crippen LogP contribution in [-0.4, -0.2) is 65.3 Å². The number of rotatable bonds is 2. The number of amides is 2. The van der Waals surface area contributed by atoms with Crippen LogP contribution >= 0.6 is 0 Å². The fraction of sp³-hybridized carbons (Fsp3) is 0.947. The number of aliphatic hydroxyl groups is 1. The highest BCUT2D eigenvalue weighted by atomic mass is 16.3. The highest BCUT2D eigenvalue weighted by Gasteiger charge is 2.32. The third-order valence-electron chi connectivity index (χ3n) is 6.64. The van der Waals surface area contributed by atoms with Crippen molar-refractivity contribution in [2.75, 3.05) is 26.2 Å². The number of carbonyl (C=O) groups excluding carboxylic acids is 1. The first-order valence-electron chi connectivity index (χ1n) is 10.0. The molecule has 1 saturated carbocycles. The molecule has 0 aromatic rings. The number of hydrogen-bond donors (Lipinski definition) is 2. The second-order valence-electron chi connectivity index (χ2n) is 8.37. The highest BCUT2D eigenvalue weighted by molar-refractivity contribution is 5.74. The van der Waals surface area contributed by atoms with Gasteiger partial charge < -0.3 is 15.3 Å². The summed E-state index contributed by atoms with van der Waals surface area (Å²) in [5.74, 6) is 1.32. The minimum Gasteiger partial charge on any atom is -0.391 e. The van der Waals surface area contributed by atoms with Crippen LogP contribution in [-0.2, 0) is 0 Å². The van der Waals surface area contributed by atoms with Crippen LogP contribution in [0.15, 0.2) is 0 Å². The van der Waals surface area contributed by atoms with Crippen molar-refractivity contribution in [2.24, 2.45) is 11.8 Å². The number of piperidine rings is 2. The minimum absolute atomic E-state index is 0.130. The fourth-order valence-electron chi connectivity index (χ4n) is 4.61. The quantitative estimate of drug-likeness (QED) is 0.814. The van der Waals surface area contributed by atoms with E-state index in [9.17, 15) is 9.90 Å². The normalized spacial score (nSPS) is 36.5. The van der Waals surface area contributed by atoms with Crippen LogP contribution in [0.3, 0.4) is 0 Å². The van der Waals surface area contributed by atoms with Gasteiger partial charge in [0.1, 0.15) is 0 Å². The van der Waals surface area contributed by atoms with Crippen LogP contribution in [0.5, 0.6) is 0 Å². The van der Waals surface area contributed by atoms with E-state index in [0.29, 0.717) is 18.0 Å². The van der Waals surface area contributed by atoms with Crippen molar-refractivity contribution < 1.29 is 9.90 Å². The average Bonchev–Trinajstić information content (AvgIpc) is 2.58. The second kappa shape index (κ2) is 8.05. The maximum absolute atomic E-state index is 12.5. The van der Waals surface area contributed by atoms with E-state index >= 15 is 0 Å². The summed E-state index contributed by atoms with van der Waals surface area (Å²) in [6.07, 6.45) is 7.47. The highest BCUT2D eigenvalue weighted by Crippen LogP contribution is 2.26. The fourth-order valence-corrected chi connectivity index (χ4v) is 4.61. The summed E-state index contributed by atoms with van der Waals surface area (Å²) >= 11 is 0. The molecule has 3 aliphatic rings. The molecule has 5 heteroatoms. The van der Waals surface area contributed by atoms with Gasteiger partial charge in [-0.1, -0.05) is 26.7 Å². The molecule has 3 rings (SSSR count). The van der Waals surface area contributed by atoms with Crippen molar-refractivity contribution in [3.8, 4) is 0 Å². The lowest BCUT2D eigenvalue weighted by Gasteiger charge is -2.42. The molecular weight excluding hydrogens is 302 g/mol. The zero-order chi connectivity index (χ0) is 17.1. The smallest absolute Gasteiger partial charge is 0.317 e. The van der Waals surface area contributed by atoms with E-state index in [1.807, 2.05) is 4.90 Å². The maximum Gasteiger partial charge on any atom is 0.317 e. The van der Waals surface area contributed by atoms with Crippen LogP contribution in [0.25, 0.3) is 0 Å². The molecule has 2 N–H and O–H groups in total. The van der Waals surface area contributed by atoms with Gasteiger partial charge in [0.05, 0.1) is 6.10 Å². The zero-order valence-electron chi connectivity index (χ0n) is 15.4. The summed E-state index contributed by atoms with van der Waals surface area (Å²) in [5, 5.41) is 13.5. The molecule has 0 aromatic carbocycles. The van der Waals surface area contributed by atoms with Gasteiger partial charge in [-0.2, -0.15) is 0 Å². The molecule has 0 radical (unpaired) electrons. The molecule has 0 spiro atoms. The van der Waals surface area contributed by atoms with Crippen molar-refractivity contribution >= 4 is 6.03 Å². The Morgan fingerprint density at radius 2 is 1.67 bits per heavy atom. The second-order valence-corrected chi connectivity index (χ2v) is 8.37. The van der Waals surface area contributed by atoms with E-state index in [1.165, 1.54) is 6.42 Å². The Kier molecular flexibility index (Phi) is 6.03. The molecule has 138 valence electrons. The third-order valence-corrected chi connectivity index (χ3v) is 6.64. The van der Waals surface area contributed by atoms with E-state index in [-0.39, 0.29) is 12.1 Å². The molecule has 2 heterocycles. The third kappa shape index (κ3) is 4.23. The Balaban J connectivity index is 1.43. The van der Waals surface area contributed by atoms with Crippen LogP contribution in [0.1, 0.15) is 58.8 Å². The van der Waals surface area contributed by atoms with Crippen molar-refractivity contribution in [2.45, 2.75) is 77.0 Å². The van der Waals surface area contributed by atoms with Crippen molar-refractivity contribution in [1.29, 1.82) is 0 Å². The lowest BCUT2D eigenvalue weighted by Crippen LogP contribution is -2.54. The number of nitrogens with zero attached hydrogens (tertiary/aromatic N) is 2. The van der Waals surface area contributed by atoms with Crippen molar-refractivity contribution in [1.82, 2.24) is 15.1 Å². The van der Waals surface area contributed by atoms with Gasteiger partial charge in [-0.3, -0.25) is 4.90 Å². The predicted octanol–water partition coefficient (Wildman–Crippen LogP) is 2.44. The molecule has 24 heavy (non-hydrogen) atoms. The summed E-state index contributed by atoms with van der Waals surface area (Å²) in [6, 6.07) is 0.772. The summed E-state index contributed by atoms with van der Waals surface area (Å²) in [7, 11) is 0. The number of nitrogens with one attached hydrogen (secondary N) is 1. The predicted molar refractivity (Wildman–Crippen MR) is 95.9 cm³/mol. The van der Waals surface area contributed by atoms with Crippen molar-refractivity contribution in [3.05, 3.63) is 0 Å². The lowest BCUT2D eigenvalue weighted by molar-refractivity contribution is 0.00738. The first-order chi connectivity index (χ1) is 11.5. The SMILES string of the molecule is CC1CCN(C(=O)NC2CCN(C3CCCCC3O)CC2)CC1C. The van der Waals surface area contributed by atoms with E-state index in [4.69, 9.17) is 0 Å². The molecule has 2 saturated heterocycles. The number of aliphatic hydroxyl groups excluding tert-OH is 1. The largest absolute Gasteiger partial charge is 0.391 e. The number of urea groups is 1. The van der Waals surface area contributed by atoms with Crippen molar-refractivity contribution in [3.63, 3.8) is 0 Å². The Bertz CT molecular complexity index is 423. The molecule has 1 aliphatic carbocycles. The molecule has 5 nitrogen and oxygen atoms in total. The number of hydrogen-bond acceptors (Lipinski definition) is 3. The number of likely N-dealkylation sites (tertiary alicyclic amines) is 2. The first-order valence-corrected chi connectivity index (χ1v) is 10.0. The van der Waals surface area contributed by atoms with Gasteiger partial charge in [-0.05, 0) is 43.9 Å². The van der Waals surface area contributed by atoms with Gasteiger partial charge in [0.25, 0.3) is 0 Å². The van der Waals surface area contributed by atoms with Gasteiger partial charge in [0.15, 0.2) is 0 Å². The van der Waals surface area contributed by atoms with Gasteiger partial charge in [0.2, 0.25) is 0 Å². The standard InChI is InChI=1S/C19H35N3O2/c1-14-7-10-22(13-15(14)2)19(24)20-16-8-11-21(12-9-16)17-5-3-4-6-18(17)23/h14-18,23H,3-13H2,1-2H3,(H,20,24). The minimum atomic E-state index is -0.151. The number of carbonyl (C=O) groups is 1. The monoisotopic (exact) mass is 337 g/mol. The zero-order valence-corrected chi connectivity index (χ0v) is 15.4. The molecule has 3 fully saturated rings. The van der Waals surface area contributed by atoms with Gasteiger partial charge in [-0.25, -0.2) is 4.79 Å². The molecular formula is C19H35N3O2. The van der Waals surface area contributed by atoms with Crippen LogP contribution in [0.4, 0.5) is 4.79 Å². The Morgan fingerprint density at radius 3 is 2.33 bits per heavy atom. The molecule has 4 atom stereocenters. The average molecular weight is 338 g/mol. The molecule has 0 bridgehead atoms. The Labute approximate surface area is 146 Å². The Morgan fingerprint density at radius 1 is 0.958 bits per heavy atom. The van der Waals surface area contributed by atoms with E-state index in [0.717, 1.165) is 70.6 Å². The van der Waals surface area contributed by atoms with Crippen LogP contribution in [0.2, 0.25) is 0 Å². The topological polar surface area (TPSA) is 55.8 Å². The van der Waals surface area contributed by atoms with Gasteiger partial charge in [-0.15, -0.1) is 0 Å². The van der Waals surface area contributed by atoms with E-state index < -0.39 is 0 Å². The van der Waals surface area contributed by atoms with Crippen LogP contribution in [0, 0.1) is 11.8 Å². The summed E-state index contributed by atoms with van der Waals surface area (Å²) in [5.41, 5.74) is 0. The molecule has 0 aromatic heterocycles. The van der Waals surface area contributed by atoms with Crippen LogP contribution < -0.4 is 5.32 Å². The lowest BCUT2D eigenvalue weighted by atomic mass is 9.89. The Hall–Kier alpha value is -0.810. The van der Waals surface area contributed by atoms with Gasteiger partial charge in [0, 0.05) is 38.3 Å². The molecule has 2 aliphatic heterocycles. The maximum atomic E-state index is 12.5. The molecule has 4 unspecified atom stereocenters. The summed E-state index contributed by atoms with van der Waals surface area (Å²) in [4.78, 5) is 17.0. The van der Waals surface area contributed by atoms with E-state index in [2.05, 4.69) is 24.1 Å². The first kappa shape index (κ1) is 18.0. The summed E-state index contributed by atoms with van der Waals surface area (Å²) < 4.78 is 0. The van der Waals surface area contributed by atoms with E-state index in [1.54, 1.807) is 0 Å². The summed E-state index contributed by atoms with van der Waals surface area (Å²) in [6.45, 7) is 8.32.